The molecule has 2 aliphatic rings. The summed E-state index contributed by atoms with van der Waals surface area (Å²) in [4.78, 5) is 1.31. The Morgan fingerprint density at radius 2 is 0.929 bits per heavy atom. The van der Waals surface area contributed by atoms with Gasteiger partial charge in [-0.15, -0.1) is 11.8 Å². The van der Waals surface area contributed by atoms with Crippen LogP contribution in [0, 0.1) is 0 Å². The molecule has 0 aliphatic carbocycles. The van der Waals surface area contributed by atoms with Crippen LogP contribution >= 0.6 is 11.8 Å². The smallest absolute Gasteiger partial charge is 0.113 e. The van der Waals surface area contributed by atoms with Crippen LogP contribution in [-0.2, 0) is 0 Å². The lowest BCUT2D eigenvalue weighted by atomic mass is 9.92. The second kappa shape index (κ2) is 15.8. The molecule has 0 saturated heterocycles. The van der Waals surface area contributed by atoms with E-state index in [1.54, 1.807) is 0 Å². The molecule has 0 fully saturated rings. The minimum Gasteiger partial charge on any atom is -0.309 e. The number of rotatable bonds is 4. The molecule has 11 aromatic carbocycles. The first-order valence-electron chi connectivity index (χ1n) is 24.4. The Morgan fingerprint density at radius 3 is 1.56 bits per heavy atom. The van der Waals surface area contributed by atoms with Gasteiger partial charge in [-0.3, -0.25) is 0 Å². The van der Waals surface area contributed by atoms with E-state index in [-0.39, 0.29) is 0 Å². The van der Waals surface area contributed by atoms with E-state index >= 15 is 0 Å². The maximum Gasteiger partial charge on any atom is 0.113 e. The Labute approximate surface area is 413 Å². The Kier molecular flexibility index (Phi) is 9.26. The molecular weight excluding hydrogens is 879 g/mol. The summed E-state index contributed by atoms with van der Waals surface area (Å²) in [5.74, 6) is 0.924. The maximum atomic E-state index is 4.46. The van der Waals surface area contributed by atoms with Gasteiger partial charge in [-0.05, 0) is 158 Å². The van der Waals surface area contributed by atoms with Gasteiger partial charge in [-0.2, -0.15) is 0 Å². The molecule has 3 heteroatoms. The standard InChI is InChI=1S/C67H47NSSi/c1-42-16-5-4-14-35-69-67-49(42)25-15-26-52(67)47-27-31-57-58-32-30-48(41-66(58)70(2,3)65(57)40-47)68-63-33-28-45(59-36-43-17-6-8-19-50(43)53-21-10-12-23-55(53)59)38-61(63)62-39-46(29-34-64(62)68)60-37-44-18-7-9-20-51(44)54-22-11-13-24-56(54)60/h4-34,36-41H,1,35H2,2-3H3/b14-4-,16-5-. The first-order chi connectivity index (χ1) is 34.4. The van der Waals surface area contributed by atoms with E-state index in [1.807, 2.05) is 11.8 Å². The zero-order valence-electron chi connectivity index (χ0n) is 39.1. The zero-order valence-corrected chi connectivity index (χ0v) is 40.9. The second-order valence-electron chi connectivity index (χ2n) is 19.6. The Balaban J connectivity index is 0.957. The SMILES string of the molecule is C=C1/C=C\C=C/CSc2c1cccc2-c1ccc2c(c1)[Si](C)(C)c1cc(-n3c4ccc(-c5cc6ccccc6c6ccccc56)cc4c4cc(-c5cc6ccccc6c6ccccc56)ccc43)ccc1-2. The third kappa shape index (κ3) is 6.25. The quantitative estimate of drug-likeness (QED) is 0.126. The van der Waals surface area contributed by atoms with Crippen molar-refractivity contribution in [2.24, 2.45) is 0 Å². The van der Waals surface area contributed by atoms with Gasteiger partial charge in [0.1, 0.15) is 8.07 Å². The van der Waals surface area contributed by atoms with Gasteiger partial charge < -0.3 is 4.57 Å². The highest BCUT2D eigenvalue weighted by molar-refractivity contribution is 7.99. The number of allylic oxidation sites excluding steroid dienone is 4. The lowest BCUT2D eigenvalue weighted by Gasteiger charge is -2.21. The van der Waals surface area contributed by atoms with Gasteiger partial charge >= 0.3 is 0 Å². The molecule has 0 saturated carbocycles. The van der Waals surface area contributed by atoms with E-state index in [0.717, 1.165) is 11.3 Å². The lowest BCUT2D eigenvalue weighted by molar-refractivity contribution is 1.18. The molecule has 0 N–H and O–H groups in total. The average Bonchev–Trinajstić information content (AvgIpc) is 3.88. The molecule has 0 unspecified atom stereocenters. The Hall–Kier alpha value is -7.95. The van der Waals surface area contributed by atoms with Gasteiger partial charge in [0.25, 0.3) is 0 Å². The number of aromatic nitrogens is 1. The molecule has 14 rings (SSSR count). The molecule has 12 aromatic rings. The summed E-state index contributed by atoms with van der Waals surface area (Å²) in [6.07, 6.45) is 8.61. The number of fused-ring (bicyclic) bond motifs is 13. The van der Waals surface area contributed by atoms with Crippen LogP contribution in [0.15, 0.2) is 236 Å². The number of thioether (sulfide) groups is 1. The molecule has 0 atom stereocenters. The van der Waals surface area contributed by atoms with Crippen molar-refractivity contribution in [2.45, 2.75) is 18.0 Å². The summed E-state index contributed by atoms with van der Waals surface area (Å²) in [5, 5.41) is 15.7. The molecule has 70 heavy (non-hydrogen) atoms. The van der Waals surface area contributed by atoms with Crippen molar-refractivity contribution in [1.82, 2.24) is 4.57 Å². The third-order valence-electron chi connectivity index (χ3n) is 15.4. The van der Waals surface area contributed by atoms with Gasteiger partial charge in [0.05, 0.1) is 11.0 Å². The summed E-state index contributed by atoms with van der Waals surface area (Å²) in [6, 6.07) is 75.8. The van der Waals surface area contributed by atoms with Crippen LogP contribution in [0.4, 0.5) is 0 Å². The van der Waals surface area contributed by atoms with E-state index in [4.69, 9.17) is 0 Å². The minimum atomic E-state index is -2.16. The fourth-order valence-electron chi connectivity index (χ4n) is 12.0. The van der Waals surface area contributed by atoms with Crippen LogP contribution < -0.4 is 10.4 Å². The molecule has 0 spiro atoms. The molecule has 0 radical (unpaired) electrons. The van der Waals surface area contributed by atoms with Crippen LogP contribution in [0.2, 0.25) is 13.1 Å². The first-order valence-corrected chi connectivity index (χ1v) is 28.4. The second-order valence-corrected chi connectivity index (χ2v) is 25.0. The van der Waals surface area contributed by atoms with Crippen LogP contribution in [0.3, 0.4) is 0 Å². The summed E-state index contributed by atoms with van der Waals surface area (Å²) < 4.78 is 2.53. The van der Waals surface area contributed by atoms with Crippen molar-refractivity contribution in [1.29, 1.82) is 0 Å². The fourth-order valence-corrected chi connectivity index (χ4v) is 16.1. The summed E-state index contributed by atoms with van der Waals surface area (Å²) in [5.41, 5.74) is 16.2. The first kappa shape index (κ1) is 41.1. The maximum absolute atomic E-state index is 4.46. The summed E-state index contributed by atoms with van der Waals surface area (Å²) >= 11 is 1.91. The molecule has 1 aromatic heterocycles. The molecule has 0 amide bonds. The highest BCUT2D eigenvalue weighted by Gasteiger charge is 2.38. The normalized spacial score (nSPS) is 15.0. The largest absolute Gasteiger partial charge is 0.309 e. The average molecular weight is 926 g/mol. The molecule has 3 heterocycles. The van der Waals surface area contributed by atoms with Crippen LogP contribution in [0.25, 0.3) is 121 Å². The number of hydrogen-bond acceptors (Lipinski definition) is 1. The summed E-state index contributed by atoms with van der Waals surface area (Å²) in [7, 11) is -2.16. The summed E-state index contributed by atoms with van der Waals surface area (Å²) in [6.45, 7) is 9.55. The molecule has 1 nitrogen and oxygen atoms in total. The van der Waals surface area contributed by atoms with Crippen molar-refractivity contribution in [3.63, 3.8) is 0 Å². The van der Waals surface area contributed by atoms with E-state index in [2.05, 4.69) is 249 Å². The lowest BCUT2D eigenvalue weighted by Crippen LogP contribution is -2.49. The molecular formula is C67H47NSSi. The predicted octanol–water partition coefficient (Wildman–Crippen LogP) is 17.4. The van der Waals surface area contributed by atoms with E-state index in [9.17, 15) is 0 Å². The molecule has 0 bridgehead atoms. The highest BCUT2D eigenvalue weighted by atomic mass is 32.2. The number of hydrogen-bond donors (Lipinski definition) is 0. The van der Waals surface area contributed by atoms with E-state index in [1.165, 1.54) is 136 Å². The van der Waals surface area contributed by atoms with Gasteiger partial charge in [-0.1, -0.05) is 196 Å². The van der Waals surface area contributed by atoms with Crippen molar-refractivity contribution >= 4 is 101 Å². The van der Waals surface area contributed by atoms with E-state index in [0.29, 0.717) is 0 Å². The van der Waals surface area contributed by atoms with Crippen LogP contribution in [0.1, 0.15) is 5.56 Å². The Bertz CT molecular complexity index is 4120. The van der Waals surface area contributed by atoms with Crippen molar-refractivity contribution in [3.05, 3.63) is 237 Å². The van der Waals surface area contributed by atoms with E-state index < -0.39 is 8.07 Å². The Morgan fingerprint density at radius 1 is 0.414 bits per heavy atom. The van der Waals surface area contributed by atoms with Crippen LogP contribution in [0.5, 0.6) is 0 Å². The topological polar surface area (TPSA) is 4.93 Å². The fraction of sp³-hybridized carbons (Fsp3) is 0.0448. The van der Waals surface area contributed by atoms with Gasteiger partial charge in [0.15, 0.2) is 0 Å². The third-order valence-corrected chi connectivity index (χ3v) is 20.0. The molecule has 330 valence electrons. The van der Waals surface area contributed by atoms with Crippen molar-refractivity contribution in [3.8, 4) is 50.2 Å². The number of nitrogens with zero attached hydrogens (tertiary/aromatic N) is 1. The molecule has 2 aliphatic heterocycles. The van der Waals surface area contributed by atoms with Gasteiger partial charge in [0, 0.05) is 27.1 Å². The van der Waals surface area contributed by atoms with Gasteiger partial charge in [0.2, 0.25) is 0 Å². The monoisotopic (exact) mass is 925 g/mol. The highest BCUT2D eigenvalue weighted by Crippen LogP contribution is 2.44. The predicted molar refractivity (Wildman–Crippen MR) is 307 cm³/mol. The zero-order chi connectivity index (χ0) is 46.7. The van der Waals surface area contributed by atoms with Crippen molar-refractivity contribution in [2.75, 3.05) is 5.75 Å². The van der Waals surface area contributed by atoms with Gasteiger partial charge in [-0.25, -0.2) is 0 Å². The minimum absolute atomic E-state index is 0.924. The van der Waals surface area contributed by atoms with Crippen LogP contribution in [-0.4, -0.2) is 18.4 Å². The number of benzene rings is 11. The van der Waals surface area contributed by atoms with Crippen molar-refractivity contribution < 1.29 is 0 Å².